The van der Waals surface area contributed by atoms with Crippen molar-refractivity contribution in [1.29, 1.82) is 0 Å². The van der Waals surface area contributed by atoms with Crippen molar-refractivity contribution in [2.45, 2.75) is 24.6 Å². The maximum absolute atomic E-state index is 12.2. The summed E-state index contributed by atoms with van der Waals surface area (Å²) in [6, 6.07) is 16.4. The van der Waals surface area contributed by atoms with Crippen LogP contribution in [0.25, 0.3) is 0 Å². The second-order valence-electron chi connectivity index (χ2n) is 6.87. The van der Waals surface area contributed by atoms with Crippen LogP contribution in [0.5, 0.6) is 0 Å². The molecule has 1 atom stereocenters. The monoisotopic (exact) mass is 399 g/mol. The summed E-state index contributed by atoms with van der Waals surface area (Å²) in [7, 11) is 0.896. The van der Waals surface area contributed by atoms with Gasteiger partial charge < -0.3 is 15.5 Å². The van der Waals surface area contributed by atoms with Crippen LogP contribution < -0.4 is 15.5 Å². The lowest BCUT2D eigenvalue weighted by Gasteiger charge is -2.33. The number of nitrogens with zero attached hydrogens (tertiary/aromatic N) is 3. The van der Waals surface area contributed by atoms with Gasteiger partial charge in [0.05, 0.1) is 0 Å². The Hall–Kier alpha value is -2.41. The van der Waals surface area contributed by atoms with Crippen molar-refractivity contribution in [2.75, 3.05) is 37.3 Å². The third-order valence-electron chi connectivity index (χ3n) is 4.83. The van der Waals surface area contributed by atoms with Gasteiger partial charge in [-0.05, 0) is 30.5 Å². The van der Waals surface area contributed by atoms with Crippen molar-refractivity contribution in [3.8, 4) is 0 Å². The van der Waals surface area contributed by atoms with Crippen molar-refractivity contribution >= 4 is 22.6 Å². The number of aliphatic imine (C=N–C) groups is 1. The summed E-state index contributed by atoms with van der Waals surface area (Å²) in [5.41, 5.74) is 1.11. The molecule has 7 heteroatoms. The first-order valence-corrected chi connectivity index (χ1v) is 11.3. The van der Waals surface area contributed by atoms with Crippen LogP contribution in [0.2, 0.25) is 0 Å². The molecule has 0 spiro atoms. The summed E-state index contributed by atoms with van der Waals surface area (Å²) < 4.78 is 12.2. The van der Waals surface area contributed by atoms with Gasteiger partial charge in [-0.15, -0.1) is 0 Å². The standard InChI is InChI=1S/C21H29N5OS/c1-22-21(24-13-16-28(27)17-18-7-3-2-4-8-18)25-19-10-14-26(15-11-19)20-9-5-6-12-23-20/h2-9,12,19H,10-11,13-17H2,1H3,(H2,22,24,25). The first-order chi connectivity index (χ1) is 13.7. The molecule has 1 aliphatic rings. The fourth-order valence-electron chi connectivity index (χ4n) is 3.30. The van der Waals surface area contributed by atoms with Crippen LogP contribution in [0.3, 0.4) is 0 Å². The fraction of sp³-hybridized carbons (Fsp3) is 0.429. The third kappa shape index (κ3) is 6.34. The molecule has 150 valence electrons. The van der Waals surface area contributed by atoms with E-state index in [-0.39, 0.29) is 0 Å². The Morgan fingerprint density at radius 3 is 2.61 bits per heavy atom. The van der Waals surface area contributed by atoms with E-state index in [1.807, 2.05) is 48.7 Å². The second-order valence-corrected chi connectivity index (χ2v) is 8.44. The van der Waals surface area contributed by atoms with E-state index in [1.165, 1.54) is 0 Å². The first kappa shape index (κ1) is 20.3. The van der Waals surface area contributed by atoms with E-state index in [4.69, 9.17) is 0 Å². The predicted molar refractivity (Wildman–Crippen MR) is 117 cm³/mol. The highest BCUT2D eigenvalue weighted by molar-refractivity contribution is 7.84. The number of rotatable bonds is 7. The lowest BCUT2D eigenvalue weighted by molar-refractivity contribution is 0.460. The summed E-state index contributed by atoms with van der Waals surface area (Å²) in [4.78, 5) is 11.1. The Balaban J connectivity index is 1.36. The largest absolute Gasteiger partial charge is 0.356 e. The maximum atomic E-state index is 12.2. The van der Waals surface area contributed by atoms with Gasteiger partial charge in [0, 0.05) is 61.2 Å². The summed E-state index contributed by atoms with van der Waals surface area (Å²) in [5.74, 6) is 3.03. The minimum atomic E-state index is -0.881. The van der Waals surface area contributed by atoms with Gasteiger partial charge in [-0.1, -0.05) is 36.4 Å². The van der Waals surface area contributed by atoms with Crippen molar-refractivity contribution < 1.29 is 4.21 Å². The molecule has 0 saturated carbocycles. The van der Waals surface area contributed by atoms with E-state index < -0.39 is 10.8 Å². The summed E-state index contributed by atoms with van der Waals surface area (Å²) in [6.07, 6.45) is 3.92. The Morgan fingerprint density at radius 1 is 1.18 bits per heavy atom. The normalized spacial score (nSPS) is 16.6. The van der Waals surface area contributed by atoms with Crippen LogP contribution in [0, 0.1) is 0 Å². The number of aromatic nitrogens is 1. The topological polar surface area (TPSA) is 69.6 Å². The van der Waals surface area contributed by atoms with Crippen molar-refractivity contribution in [1.82, 2.24) is 15.6 Å². The first-order valence-electron chi connectivity index (χ1n) is 9.76. The lowest BCUT2D eigenvalue weighted by atomic mass is 10.1. The number of nitrogens with one attached hydrogen (secondary N) is 2. The predicted octanol–water partition coefficient (Wildman–Crippen LogP) is 2.16. The van der Waals surface area contributed by atoms with Gasteiger partial charge in [0.25, 0.3) is 0 Å². The molecule has 0 radical (unpaired) electrons. The van der Waals surface area contributed by atoms with Crippen molar-refractivity contribution in [3.63, 3.8) is 0 Å². The molecule has 28 heavy (non-hydrogen) atoms. The molecule has 1 aliphatic heterocycles. The summed E-state index contributed by atoms with van der Waals surface area (Å²) >= 11 is 0. The maximum Gasteiger partial charge on any atom is 0.191 e. The molecular weight excluding hydrogens is 370 g/mol. The Bertz CT molecular complexity index is 761. The van der Waals surface area contributed by atoms with Crippen LogP contribution in [-0.2, 0) is 16.6 Å². The zero-order chi connectivity index (χ0) is 19.6. The summed E-state index contributed by atoms with van der Waals surface area (Å²) in [6.45, 7) is 2.60. The highest BCUT2D eigenvalue weighted by Crippen LogP contribution is 2.17. The van der Waals surface area contributed by atoms with Gasteiger partial charge in [0.2, 0.25) is 0 Å². The Kier molecular flexibility index (Phi) is 7.84. The Morgan fingerprint density at radius 2 is 1.93 bits per heavy atom. The molecule has 2 heterocycles. The highest BCUT2D eigenvalue weighted by atomic mass is 32.2. The lowest BCUT2D eigenvalue weighted by Crippen LogP contribution is -2.49. The molecule has 1 saturated heterocycles. The van der Waals surface area contributed by atoms with Gasteiger partial charge in [0.1, 0.15) is 5.82 Å². The molecule has 2 aromatic rings. The fourth-order valence-corrected chi connectivity index (χ4v) is 4.34. The van der Waals surface area contributed by atoms with E-state index in [1.54, 1.807) is 7.05 Å². The molecule has 0 aliphatic carbocycles. The summed E-state index contributed by atoms with van der Waals surface area (Å²) in [5, 5.41) is 6.79. The smallest absolute Gasteiger partial charge is 0.191 e. The minimum Gasteiger partial charge on any atom is -0.356 e. The highest BCUT2D eigenvalue weighted by Gasteiger charge is 2.20. The van der Waals surface area contributed by atoms with Crippen LogP contribution in [0.1, 0.15) is 18.4 Å². The van der Waals surface area contributed by atoms with Gasteiger partial charge in [-0.25, -0.2) is 4.98 Å². The van der Waals surface area contributed by atoms with Gasteiger partial charge in [-0.2, -0.15) is 0 Å². The number of hydrogen-bond donors (Lipinski definition) is 2. The van der Waals surface area contributed by atoms with Crippen LogP contribution in [0.15, 0.2) is 59.7 Å². The molecule has 0 amide bonds. The van der Waals surface area contributed by atoms with Crippen LogP contribution >= 0.6 is 0 Å². The number of guanidine groups is 1. The number of anilines is 1. The quantitative estimate of drug-likeness (QED) is 0.552. The van der Waals surface area contributed by atoms with Gasteiger partial charge >= 0.3 is 0 Å². The molecule has 1 aromatic carbocycles. The van der Waals surface area contributed by atoms with E-state index in [0.29, 0.717) is 24.1 Å². The molecule has 2 N–H and O–H groups in total. The molecular formula is C21H29N5OS. The molecule has 6 nitrogen and oxygen atoms in total. The zero-order valence-corrected chi connectivity index (χ0v) is 17.2. The number of hydrogen-bond acceptors (Lipinski definition) is 4. The Labute approximate surface area is 169 Å². The molecule has 3 rings (SSSR count). The molecule has 0 bridgehead atoms. The number of benzene rings is 1. The van der Waals surface area contributed by atoms with E-state index >= 15 is 0 Å². The molecule has 1 unspecified atom stereocenters. The SMILES string of the molecule is CN=C(NCCS(=O)Cc1ccccc1)NC1CCN(c2ccccn2)CC1. The van der Waals surface area contributed by atoms with E-state index in [0.717, 1.165) is 43.3 Å². The molecule has 1 aromatic heterocycles. The number of pyridine rings is 1. The van der Waals surface area contributed by atoms with Gasteiger partial charge in [-0.3, -0.25) is 9.20 Å². The van der Waals surface area contributed by atoms with Crippen LogP contribution in [-0.4, -0.2) is 53.6 Å². The zero-order valence-electron chi connectivity index (χ0n) is 16.4. The third-order valence-corrected chi connectivity index (χ3v) is 6.14. The van der Waals surface area contributed by atoms with Crippen molar-refractivity contribution in [2.24, 2.45) is 4.99 Å². The van der Waals surface area contributed by atoms with E-state index in [2.05, 4.69) is 31.6 Å². The van der Waals surface area contributed by atoms with Gasteiger partial charge in [0.15, 0.2) is 5.96 Å². The molecule has 1 fully saturated rings. The van der Waals surface area contributed by atoms with E-state index in [9.17, 15) is 4.21 Å². The van der Waals surface area contributed by atoms with Crippen LogP contribution in [0.4, 0.5) is 5.82 Å². The number of piperidine rings is 1. The average Bonchev–Trinajstić information content (AvgIpc) is 2.75. The second kappa shape index (κ2) is 10.8. The average molecular weight is 400 g/mol. The van der Waals surface area contributed by atoms with Crippen molar-refractivity contribution in [3.05, 3.63) is 60.3 Å². The minimum absolute atomic E-state index is 0.390.